The molecule has 0 bridgehead atoms. The van der Waals surface area contributed by atoms with Crippen molar-refractivity contribution in [2.24, 2.45) is 0 Å². The van der Waals surface area contributed by atoms with E-state index in [2.05, 4.69) is 26.6 Å². The molecule has 0 amide bonds. The summed E-state index contributed by atoms with van der Waals surface area (Å²) in [4.78, 5) is 22.7. The Bertz CT molecular complexity index is 717. The van der Waals surface area contributed by atoms with Gasteiger partial charge in [0.05, 0.1) is 12.0 Å². The fraction of sp³-hybridized carbons (Fsp3) is 0.267. The maximum Gasteiger partial charge on any atom is 0.171 e. The summed E-state index contributed by atoms with van der Waals surface area (Å²) in [6.07, 6.45) is 0. The highest BCUT2D eigenvalue weighted by molar-refractivity contribution is 9.10. The van der Waals surface area contributed by atoms with Gasteiger partial charge < -0.3 is 25.3 Å². The number of carboxylic acids is 1. The summed E-state index contributed by atoms with van der Waals surface area (Å²) >= 11 is 8.53. The Morgan fingerprint density at radius 1 is 1.43 bits per heavy atom. The van der Waals surface area contributed by atoms with Crippen LogP contribution in [-0.4, -0.2) is 23.5 Å². The van der Waals surface area contributed by atoms with E-state index < -0.39 is 18.6 Å². The lowest BCUT2D eigenvalue weighted by molar-refractivity contribution is -0.307. The fourth-order valence-corrected chi connectivity index (χ4v) is 3.06. The fourth-order valence-electron chi connectivity index (χ4n) is 2.41. The molecule has 23 heavy (non-hydrogen) atoms. The van der Waals surface area contributed by atoms with Gasteiger partial charge in [0.25, 0.3) is 0 Å². The zero-order valence-corrected chi connectivity index (χ0v) is 14.8. The zero-order chi connectivity index (χ0) is 17.1. The summed E-state index contributed by atoms with van der Waals surface area (Å²) in [5, 5.41) is 17.0. The van der Waals surface area contributed by atoms with Gasteiger partial charge in [0, 0.05) is 21.3 Å². The van der Waals surface area contributed by atoms with Gasteiger partial charge in [-0.05, 0) is 44.3 Å². The first-order chi connectivity index (χ1) is 10.8. The summed E-state index contributed by atoms with van der Waals surface area (Å²) in [6.45, 7) is 2.64. The third-order valence-corrected chi connectivity index (χ3v) is 3.99. The van der Waals surface area contributed by atoms with Gasteiger partial charge in [-0.15, -0.1) is 0 Å². The first-order valence-corrected chi connectivity index (χ1v) is 7.91. The number of allylic oxidation sites excluding steroid dienone is 1. The van der Waals surface area contributed by atoms with E-state index >= 15 is 0 Å². The molecule has 0 saturated heterocycles. The Morgan fingerprint density at radius 3 is 2.74 bits per heavy atom. The van der Waals surface area contributed by atoms with E-state index in [4.69, 9.17) is 17.0 Å². The molecule has 0 fully saturated rings. The average molecular weight is 398 g/mol. The van der Waals surface area contributed by atoms with Crippen LogP contribution in [0.2, 0.25) is 0 Å². The number of rotatable bonds is 5. The monoisotopic (exact) mass is 397 g/mol. The Labute approximate surface area is 147 Å². The van der Waals surface area contributed by atoms with Gasteiger partial charge in [-0.2, -0.15) is 0 Å². The van der Waals surface area contributed by atoms with Crippen molar-refractivity contribution >= 4 is 45.0 Å². The number of hydrogen-bond acceptors (Lipinski definition) is 5. The van der Waals surface area contributed by atoms with Crippen LogP contribution in [0.3, 0.4) is 0 Å². The Morgan fingerprint density at radius 2 is 2.13 bits per heavy atom. The summed E-state index contributed by atoms with van der Waals surface area (Å²) in [6, 6.07) is 4.57. The second-order valence-corrected chi connectivity index (χ2v) is 6.29. The van der Waals surface area contributed by atoms with Gasteiger partial charge in [-0.1, -0.05) is 15.9 Å². The van der Waals surface area contributed by atoms with Crippen molar-refractivity contribution < 1.29 is 19.4 Å². The van der Waals surface area contributed by atoms with Crippen molar-refractivity contribution in [1.82, 2.24) is 10.6 Å². The van der Waals surface area contributed by atoms with Crippen LogP contribution in [0, 0.1) is 0 Å². The van der Waals surface area contributed by atoms with Crippen LogP contribution < -0.4 is 20.5 Å². The molecule has 2 rings (SSSR count). The standard InChI is InChI=1S/C15H15BrN2O4S/c1-7-13(8(2)19)14(18-15(23)17-7)10-5-9(16)3-4-11(10)22-6-12(20)21/h3-5,14H,6H2,1-2H3,(H,20,21)(H2,17,18,23)/p-1/t14-/m0/s1. The lowest BCUT2D eigenvalue weighted by Crippen LogP contribution is -2.44. The number of carboxylic acid groups (broad SMARTS) is 1. The number of halogens is 1. The van der Waals surface area contributed by atoms with Gasteiger partial charge in [0.15, 0.2) is 10.9 Å². The maximum atomic E-state index is 12.0. The molecule has 0 aromatic heterocycles. The van der Waals surface area contributed by atoms with Crippen molar-refractivity contribution in [3.63, 3.8) is 0 Å². The highest BCUT2D eigenvalue weighted by Crippen LogP contribution is 2.35. The minimum Gasteiger partial charge on any atom is -0.546 e. The molecule has 0 radical (unpaired) electrons. The number of Topliss-reactive ketones (excluding diaryl/α,β-unsaturated/α-hetero) is 1. The SMILES string of the molecule is CC(=O)C1=C(C)NC(=S)N[C@H]1c1cc(Br)ccc1OCC(=O)[O-]. The molecule has 1 atom stereocenters. The van der Waals surface area contributed by atoms with E-state index in [-0.39, 0.29) is 5.78 Å². The molecule has 0 aliphatic carbocycles. The molecular weight excluding hydrogens is 384 g/mol. The molecular formula is C15H14BrN2O4S-. The van der Waals surface area contributed by atoms with Crippen molar-refractivity contribution in [3.8, 4) is 5.75 Å². The van der Waals surface area contributed by atoms with Gasteiger partial charge in [0.2, 0.25) is 0 Å². The smallest absolute Gasteiger partial charge is 0.171 e. The van der Waals surface area contributed by atoms with Crippen molar-refractivity contribution in [2.75, 3.05) is 6.61 Å². The number of benzene rings is 1. The average Bonchev–Trinajstić information content (AvgIpc) is 2.44. The molecule has 1 heterocycles. The predicted octanol–water partition coefficient (Wildman–Crippen LogP) is 0.960. The zero-order valence-electron chi connectivity index (χ0n) is 12.4. The molecule has 6 nitrogen and oxygen atoms in total. The van der Waals surface area contributed by atoms with Crippen LogP contribution >= 0.6 is 28.1 Å². The molecule has 1 aromatic rings. The second kappa shape index (κ2) is 7.10. The van der Waals surface area contributed by atoms with E-state index in [9.17, 15) is 14.7 Å². The number of thiocarbonyl (C=S) groups is 1. The topological polar surface area (TPSA) is 90.5 Å². The number of ketones is 1. The van der Waals surface area contributed by atoms with Gasteiger partial charge in [-0.3, -0.25) is 4.79 Å². The van der Waals surface area contributed by atoms with Crippen LogP contribution in [0.5, 0.6) is 5.75 Å². The molecule has 1 aliphatic rings. The lowest BCUT2D eigenvalue weighted by atomic mass is 9.92. The van der Waals surface area contributed by atoms with Crippen LogP contribution in [0.1, 0.15) is 25.5 Å². The van der Waals surface area contributed by atoms with E-state index in [1.54, 1.807) is 25.1 Å². The number of carbonyl (C=O) groups excluding carboxylic acids is 2. The number of nitrogens with one attached hydrogen (secondary N) is 2. The first kappa shape index (κ1) is 17.4. The largest absolute Gasteiger partial charge is 0.546 e. The molecule has 1 aromatic carbocycles. The van der Waals surface area contributed by atoms with Crippen LogP contribution in [0.15, 0.2) is 33.9 Å². The maximum absolute atomic E-state index is 12.0. The quantitative estimate of drug-likeness (QED) is 0.714. The van der Waals surface area contributed by atoms with Crippen LogP contribution in [0.25, 0.3) is 0 Å². The molecule has 1 aliphatic heterocycles. The Balaban J connectivity index is 2.51. The minimum atomic E-state index is -1.33. The lowest BCUT2D eigenvalue weighted by Gasteiger charge is -2.31. The van der Waals surface area contributed by atoms with Crippen molar-refractivity contribution in [1.29, 1.82) is 0 Å². The van der Waals surface area contributed by atoms with Crippen molar-refractivity contribution in [2.45, 2.75) is 19.9 Å². The van der Waals surface area contributed by atoms with E-state index in [1.165, 1.54) is 6.92 Å². The van der Waals surface area contributed by atoms with E-state index in [0.717, 1.165) is 4.47 Å². The third-order valence-electron chi connectivity index (χ3n) is 3.28. The second-order valence-electron chi connectivity index (χ2n) is 4.97. The number of carbonyl (C=O) groups is 2. The van der Waals surface area contributed by atoms with E-state index in [1.807, 2.05) is 0 Å². The normalized spacial score (nSPS) is 17.3. The number of hydrogen-bond donors (Lipinski definition) is 2. The number of ether oxygens (including phenoxy) is 1. The Kier molecular flexibility index (Phi) is 5.38. The third kappa shape index (κ3) is 4.08. The van der Waals surface area contributed by atoms with Crippen LogP contribution in [-0.2, 0) is 9.59 Å². The highest BCUT2D eigenvalue weighted by atomic mass is 79.9. The molecule has 8 heteroatoms. The van der Waals surface area contributed by atoms with Crippen molar-refractivity contribution in [3.05, 3.63) is 39.5 Å². The summed E-state index contributed by atoms with van der Waals surface area (Å²) < 4.78 is 6.05. The number of aliphatic carboxylic acids is 1. The predicted molar refractivity (Wildman–Crippen MR) is 89.6 cm³/mol. The molecule has 2 N–H and O–H groups in total. The van der Waals surface area contributed by atoms with Gasteiger partial charge in [0.1, 0.15) is 12.4 Å². The highest BCUT2D eigenvalue weighted by Gasteiger charge is 2.30. The Hall–Kier alpha value is -1.93. The van der Waals surface area contributed by atoms with Gasteiger partial charge in [-0.25, -0.2) is 0 Å². The van der Waals surface area contributed by atoms with Crippen LogP contribution in [0.4, 0.5) is 0 Å². The van der Waals surface area contributed by atoms with Gasteiger partial charge >= 0.3 is 0 Å². The minimum absolute atomic E-state index is 0.124. The summed E-state index contributed by atoms with van der Waals surface area (Å²) in [5.41, 5.74) is 1.76. The first-order valence-electron chi connectivity index (χ1n) is 6.71. The molecule has 0 unspecified atom stereocenters. The molecule has 0 spiro atoms. The molecule has 122 valence electrons. The summed E-state index contributed by atoms with van der Waals surface area (Å²) in [7, 11) is 0. The van der Waals surface area contributed by atoms with E-state index in [0.29, 0.717) is 27.7 Å². The summed E-state index contributed by atoms with van der Waals surface area (Å²) in [5.74, 6) is -1.11. The molecule has 0 saturated carbocycles.